The molecule has 1 unspecified atom stereocenters. The summed E-state index contributed by atoms with van der Waals surface area (Å²) >= 11 is 0. The van der Waals surface area contributed by atoms with Gasteiger partial charge in [-0.2, -0.15) is 0 Å². The number of hydrogen-bond donors (Lipinski definition) is 0. The summed E-state index contributed by atoms with van der Waals surface area (Å²) in [5, 5.41) is 0. The summed E-state index contributed by atoms with van der Waals surface area (Å²) in [6.07, 6.45) is 10.2. The first-order valence-corrected chi connectivity index (χ1v) is 9.99. The Morgan fingerprint density at radius 3 is 2.43 bits per heavy atom. The number of hydrogen-bond acceptors (Lipinski definition) is 3. The van der Waals surface area contributed by atoms with E-state index in [0.29, 0.717) is 17.7 Å². The molecule has 2 rings (SSSR count). The van der Waals surface area contributed by atoms with E-state index in [1.54, 1.807) is 0 Å². The summed E-state index contributed by atoms with van der Waals surface area (Å²) in [5.41, 5.74) is 0.342. The van der Waals surface area contributed by atoms with Crippen molar-refractivity contribution in [2.75, 3.05) is 33.2 Å². The Morgan fingerprint density at radius 2 is 1.83 bits per heavy atom. The molecule has 1 aliphatic heterocycles. The predicted molar refractivity (Wildman–Crippen MR) is 99.0 cm³/mol. The largest absolute Gasteiger partial charge is 0.375 e. The molecule has 3 nitrogen and oxygen atoms in total. The predicted octanol–water partition coefficient (Wildman–Crippen LogP) is 4.17. The first kappa shape index (κ1) is 19.2. The van der Waals surface area contributed by atoms with Crippen LogP contribution in [0.2, 0.25) is 0 Å². The second-order valence-electron chi connectivity index (χ2n) is 8.68. The van der Waals surface area contributed by atoms with E-state index in [1.807, 2.05) is 0 Å². The molecule has 0 amide bonds. The van der Waals surface area contributed by atoms with Crippen LogP contribution in [0.15, 0.2) is 0 Å². The molecular formula is C20H40N2O. The van der Waals surface area contributed by atoms with Crippen molar-refractivity contribution in [3.63, 3.8) is 0 Å². The van der Waals surface area contributed by atoms with Crippen molar-refractivity contribution in [1.82, 2.24) is 9.80 Å². The van der Waals surface area contributed by atoms with Crippen LogP contribution in [0.1, 0.15) is 72.6 Å². The fourth-order valence-electron chi connectivity index (χ4n) is 4.40. The Hall–Kier alpha value is -0.120. The van der Waals surface area contributed by atoms with E-state index in [4.69, 9.17) is 4.74 Å². The fraction of sp³-hybridized carbons (Fsp3) is 1.00. The number of nitrogens with zero attached hydrogens (tertiary/aromatic N) is 2. The molecule has 0 radical (unpaired) electrons. The maximum absolute atomic E-state index is 6.11. The molecule has 1 heterocycles. The minimum Gasteiger partial charge on any atom is -0.375 e. The van der Waals surface area contributed by atoms with Crippen LogP contribution in [0, 0.1) is 5.92 Å². The van der Waals surface area contributed by atoms with Gasteiger partial charge in [0.2, 0.25) is 0 Å². The van der Waals surface area contributed by atoms with Gasteiger partial charge in [0.1, 0.15) is 0 Å². The van der Waals surface area contributed by atoms with Gasteiger partial charge in [-0.05, 0) is 85.2 Å². The quantitative estimate of drug-likeness (QED) is 0.699. The van der Waals surface area contributed by atoms with Gasteiger partial charge < -0.3 is 9.64 Å². The third-order valence-electron chi connectivity index (χ3n) is 6.10. The molecule has 136 valence electrons. The number of ether oxygens (including phenoxy) is 1. The van der Waals surface area contributed by atoms with Crippen LogP contribution in [-0.4, -0.2) is 60.8 Å². The molecule has 1 saturated heterocycles. The molecule has 0 aromatic carbocycles. The summed E-state index contributed by atoms with van der Waals surface area (Å²) in [4.78, 5) is 5.18. The van der Waals surface area contributed by atoms with Crippen molar-refractivity contribution in [1.29, 1.82) is 0 Å². The lowest BCUT2D eigenvalue weighted by Gasteiger charge is -2.46. The molecule has 1 aliphatic carbocycles. The Bertz CT molecular complexity index is 337. The fourth-order valence-corrected chi connectivity index (χ4v) is 4.40. The van der Waals surface area contributed by atoms with E-state index in [0.717, 1.165) is 12.3 Å². The molecule has 1 saturated carbocycles. The second kappa shape index (κ2) is 8.82. The van der Waals surface area contributed by atoms with Crippen LogP contribution in [0.25, 0.3) is 0 Å². The van der Waals surface area contributed by atoms with Crippen molar-refractivity contribution >= 4 is 0 Å². The van der Waals surface area contributed by atoms with E-state index in [9.17, 15) is 0 Å². The first-order chi connectivity index (χ1) is 10.9. The molecule has 0 aromatic rings. The zero-order chi connectivity index (χ0) is 16.9. The molecule has 1 atom stereocenters. The van der Waals surface area contributed by atoms with Crippen molar-refractivity contribution in [3.05, 3.63) is 0 Å². The van der Waals surface area contributed by atoms with Crippen molar-refractivity contribution in [3.8, 4) is 0 Å². The van der Waals surface area contributed by atoms with Crippen LogP contribution >= 0.6 is 0 Å². The highest BCUT2D eigenvalue weighted by Crippen LogP contribution is 2.31. The van der Waals surface area contributed by atoms with Crippen LogP contribution in [0.4, 0.5) is 0 Å². The lowest BCUT2D eigenvalue weighted by molar-refractivity contribution is -0.0303. The van der Waals surface area contributed by atoms with Gasteiger partial charge in [0.15, 0.2) is 0 Å². The molecule has 3 heteroatoms. The van der Waals surface area contributed by atoms with Crippen LogP contribution in [0.3, 0.4) is 0 Å². The van der Waals surface area contributed by atoms with Crippen molar-refractivity contribution in [2.45, 2.75) is 90.4 Å². The van der Waals surface area contributed by atoms with Gasteiger partial charge in [-0.3, -0.25) is 4.90 Å². The lowest BCUT2D eigenvalue weighted by Crippen LogP contribution is -2.58. The zero-order valence-electron chi connectivity index (χ0n) is 16.3. The summed E-state index contributed by atoms with van der Waals surface area (Å²) in [5.74, 6) is 0.947. The third kappa shape index (κ3) is 6.03. The van der Waals surface area contributed by atoms with Crippen molar-refractivity contribution in [2.24, 2.45) is 5.92 Å². The minimum atomic E-state index is 0.342. The van der Waals surface area contributed by atoms with E-state index in [-0.39, 0.29) is 0 Å². The molecular weight excluding hydrogens is 284 g/mol. The average molecular weight is 325 g/mol. The van der Waals surface area contributed by atoms with Gasteiger partial charge in [0.25, 0.3) is 0 Å². The van der Waals surface area contributed by atoms with Gasteiger partial charge in [-0.1, -0.05) is 6.92 Å². The number of rotatable bonds is 7. The van der Waals surface area contributed by atoms with E-state index in [2.05, 4.69) is 44.5 Å². The van der Waals surface area contributed by atoms with E-state index >= 15 is 0 Å². The smallest absolute Gasteiger partial charge is 0.0579 e. The average Bonchev–Trinajstić information content (AvgIpc) is 2.50. The molecule has 2 fully saturated rings. The van der Waals surface area contributed by atoms with Gasteiger partial charge in [0.05, 0.1) is 12.2 Å². The summed E-state index contributed by atoms with van der Waals surface area (Å²) in [6, 6.07) is 0. The Labute approximate surface area is 144 Å². The maximum atomic E-state index is 6.11. The summed E-state index contributed by atoms with van der Waals surface area (Å²) in [6.45, 7) is 14.2. The number of piperazine rings is 1. The number of likely N-dealkylation sites (N-methyl/N-ethyl adjacent to an activating group) is 1. The zero-order valence-corrected chi connectivity index (χ0v) is 16.3. The minimum absolute atomic E-state index is 0.342. The second-order valence-corrected chi connectivity index (χ2v) is 8.68. The summed E-state index contributed by atoms with van der Waals surface area (Å²) < 4.78 is 6.11. The van der Waals surface area contributed by atoms with E-state index < -0.39 is 0 Å². The first-order valence-electron chi connectivity index (χ1n) is 9.99. The molecule has 2 aliphatic rings. The highest BCUT2D eigenvalue weighted by Gasteiger charge is 2.31. The third-order valence-corrected chi connectivity index (χ3v) is 6.10. The topological polar surface area (TPSA) is 15.7 Å². The van der Waals surface area contributed by atoms with Gasteiger partial charge in [-0.25, -0.2) is 0 Å². The summed E-state index contributed by atoms with van der Waals surface area (Å²) in [7, 11) is 2.25. The SMILES string of the molecule is CCC(C)OC1CCC(CCCN2CCN(C)CC2(C)C)CC1. The molecule has 23 heavy (non-hydrogen) atoms. The van der Waals surface area contributed by atoms with Crippen LogP contribution in [0.5, 0.6) is 0 Å². The normalized spacial score (nSPS) is 31.2. The molecule has 0 spiro atoms. The Balaban J connectivity index is 1.62. The van der Waals surface area contributed by atoms with E-state index in [1.165, 1.54) is 64.7 Å². The van der Waals surface area contributed by atoms with Crippen LogP contribution in [-0.2, 0) is 4.74 Å². The molecule has 0 bridgehead atoms. The van der Waals surface area contributed by atoms with Crippen molar-refractivity contribution < 1.29 is 4.74 Å². The highest BCUT2D eigenvalue weighted by atomic mass is 16.5. The standard InChI is InChI=1S/C20H40N2O/c1-6-17(2)23-19-11-9-18(10-12-19)8-7-13-22-15-14-21(5)16-20(22,3)4/h17-19H,6-16H2,1-5H3. The maximum Gasteiger partial charge on any atom is 0.0579 e. The molecule has 0 aromatic heterocycles. The van der Waals surface area contributed by atoms with Gasteiger partial charge >= 0.3 is 0 Å². The van der Waals surface area contributed by atoms with Gasteiger partial charge in [0, 0.05) is 25.2 Å². The highest BCUT2D eigenvalue weighted by molar-refractivity contribution is 4.89. The lowest BCUT2D eigenvalue weighted by atomic mass is 9.84. The monoisotopic (exact) mass is 324 g/mol. The Morgan fingerprint density at radius 1 is 1.13 bits per heavy atom. The van der Waals surface area contributed by atoms with Gasteiger partial charge in [-0.15, -0.1) is 0 Å². The van der Waals surface area contributed by atoms with Crippen LogP contribution < -0.4 is 0 Å². The Kier molecular flexibility index (Phi) is 7.37. The molecule has 0 N–H and O–H groups in total.